The molecule has 0 aromatic heterocycles. The second-order valence-electron chi connectivity index (χ2n) is 5.89. The Bertz CT molecular complexity index is 277. The predicted octanol–water partition coefficient (Wildman–Crippen LogP) is 2.37. The first kappa shape index (κ1) is 12.9. The van der Waals surface area contributed by atoms with E-state index in [1.54, 1.807) is 0 Å². The fraction of sp³-hybridized carbons (Fsp3) is 0.929. The van der Waals surface area contributed by atoms with Crippen LogP contribution in [0.3, 0.4) is 0 Å². The Balaban J connectivity index is 2.07. The number of carbonyl (C=O) groups is 1. The molecule has 1 aliphatic heterocycles. The Morgan fingerprint density at radius 2 is 2.06 bits per heavy atom. The lowest BCUT2D eigenvalue weighted by Crippen LogP contribution is -2.46. The first-order valence-electron chi connectivity index (χ1n) is 7.19. The van der Waals surface area contributed by atoms with E-state index >= 15 is 0 Å². The highest BCUT2D eigenvalue weighted by molar-refractivity contribution is 5.84. The third-order valence-electron chi connectivity index (χ3n) is 4.54. The van der Waals surface area contributed by atoms with Crippen LogP contribution in [0.25, 0.3) is 0 Å². The minimum Gasteiger partial charge on any atom is -0.325 e. The summed E-state index contributed by atoms with van der Waals surface area (Å²) in [5, 5.41) is 3.34. The average Bonchev–Trinajstić information content (AvgIpc) is 2.70. The molecule has 2 fully saturated rings. The normalized spacial score (nSPS) is 34.7. The van der Waals surface area contributed by atoms with Gasteiger partial charge in [-0.05, 0) is 31.1 Å². The minimum absolute atomic E-state index is 0.0738. The maximum absolute atomic E-state index is 12.3. The predicted molar refractivity (Wildman–Crippen MR) is 69.5 cm³/mol. The molecule has 1 heterocycles. The van der Waals surface area contributed by atoms with Crippen LogP contribution in [0.1, 0.15) is 52.9 Å². The van der Waals surface area contributed by atoms with Crippen LogP contribution in [0.2, 0.25) is 0 Å². The first-order valence-corrected chi connectivity index (χ1v) is 7.19. The molecule has 0 aromatic rings. The van der Waals surface area contributed by atoms with Gasteiger partial charge in [-0.15, -0.1) is 0 Å². The largest absolute Gasteiger partial charge is 0.325 e. The summed E-state index contributed by atoms with van der Waals surface area (Å²) >= 11 is 0. The van der Waals surface area contributed by atoms with E-state index in [9.17, 15) is 4.79 Å². The maximum atomic E-state index is 12.3. The number of hydrogen-bond donors (Lipinski definition) is 1. The molecule has 2 aliphatic rings. The number of carbonyl (C=O) groups excluding carboxylic acids is 1. The molecule has 1 aliphatic carbocycles. The van der Waals surface area contributed by atoms with Gasteiger partial charge < -0.3 is 4.90 Å². The number of hydrogen-bond acceptors (Lipinski definition) is 2. The van der Waals surface area contributed by atoms with Crippen LogP contribution < -0.4 is 5.32 Å². The fourth-order valence-corrected chi connectivity index (χ4v) is 3.48. The van der Waals surface area contributed by atoms with Crippen LogP contribution in [0, 0.1) is 11.8 Å². The Hall–Kier alpha value is -0.570. The van der Waals surface area contributed by atoms with Crippen molar-refractivity contribution in [1.29, 1.82) is 0 Å². The van der Waals surface area contributed by atoms with Gasteiger partial charge in [0.15, 0.2) is 0 Å². The summed E-state index contributed by atoms with van der Waals surface area (Å²) in [6.07, 6.45) is 6.03. The number of nitrogens with one attached hydrogen (secondary N) is 1. The van der Waals surface area contributed by atoms with Crippen molar-refractivity contribution < 1.29 is 4.79 Å². The summed E-state index contributed by atoms with van der Waals surface area (Å²) in [4.78, 5) is 14.4. The fourth-order valence-electron chi connectivity index (χ4n) is 3.48. The van der Waals surface area contributed by atoms with Gasteiger partial charge in [-0.3, -0.25) is 10.1 Å². The lowest BCUT2D eigenvalue weighted by atomic mass is 9.77. The first-order chi connectivity index (χ1) is 8.15. The van der Waals surface area contributed by atoms with E-state index in [1.807, 2.05) is 0 Å². The van der Waals surface area contributed by atoms with Gasteiger partial charge in [0, 0.05) is 6.04 Å². The Morgan fingerprint density at radius 1 is 1.35 bits per heavy atom. The third kappa shape index (κ3) is 2.49. The Labute approximate surface area is 105 Å². The number of rotatable bonds is 3. The van der Waals surface area contributed by atoms with Crippen LogP contribution in [0.4, 0.5) is 0 Å². The van der Waals surface area contributed by atoms with E-state index in [0.29, 0.717) is 23.8 Å². The minimum atomic E-state index is 0.0738. The van der Waals surface area contributed by atoms with Gasteiger partial charge in [-0.1, -0.05) is 33.6 Å². The van der Waals surface area contributed by atoms with Gasteiger partial charge in [0.05, 0.1) is 12.7 Å². The molecular formula is C14H26N2O. The maximum Gasteiger partial charge on any atom is 0.241 e. The highest BCUT2D eigenvalue weighted by Gasteiger charge is 2.39. The van der Waals surface area contributed by atoms with Crippen molar-refractivity contribution in [1.82, 2.24) is 10.2 Å². The van der Waals surface area contributed by atoms with Gasteiger partial charge in [0.25, 0.3) is 0 Å². The van der Waals surface area contributed by atoms with Crippen LogP contribution in [-0.2, 0) is 4.79 Å². The molecule has 0 radical (unpaired) electrons. The van der Waals surface area contributed by atoms with Crippen molar-refractivity contribution in [3.8, 4) is 0 Å². The number of amides is 1. The molecule has 1 saturated carbocycles. The van der Waals surface area contributed by atoms with Crippen molar-refractivity contribution in [2.75, 3.05) is 6.67 Å². The molecule has 0 bridgehead atoms. The molecule has 1 amide bonds. The van der Waals surface area contributed by atoms with Gasteiger partial charge >= 0.3 is 0 Å². The van der Waals surface area contributed by atoms with E-state index in [1.165, 1.54) is 25.7 Å². The molecule has 17 heavy (non-hydrogen) atoms. The highest BCUT2D eigenvalue weighted by atomic mass is 16.2. The highest BCUT2D eigenvalue weighted by Crippen LogP contribution is 2.34. The molecule has 98 valence electrons. The SMILES string of the molecule is CCC1NCN(C2CCCCC2C(C)C)C1=O. The third-order valence-corrected chi connectivity index (χ3v) is 4.54. The average molecular weight is 238 g/mol. The van der Waals surface area contributed by atoms with E-state index in [4.69, 9.17) is 0 Å². The second-order valence-corrected chi connectivity index (χ2v) is 5.89. The van der Waals surface area contributed by atoms with Crippen molar-refractivity contribution in [3.05, 3.63) is 0 Å². The Morgan fingerprint density at radius 3 is 2.65 bits per heavy atom. The van der Waals surface area contributed by atoms with Gasteiger partial charge in [0.1, 0.15) is 0 Å². The van der Waals surface area contributed by atoms with E-state index in [0.717, 1.165) is 13.1 Å². The molecular weight excluding hydrogens is 212 g/mol. The summed E-state index contributed by atoms with van der Waals surface area (Å²) in [7, 11) is 0. The number of nitrogens with zero attached hydrogens (tertiary/aromatic N) is 1. The standard InChI is InChI=1S/C14H26N2O/c1-4-12-14(17)16(9-15-12)13-8-6-5-7-11(13)10(2)3/h10-13,15H,4-9H2,1-3H3. The Kier molecular flexibility index (Phi) is 4.08. The van der Waals surface area contributed by atoms with Crippen LogP contribution in [0.15, 0.2) is 0 Å². The molecule has 0 aromatic carbocycles. The summed E-state index contributed by atoms with van der Waals surface area (Å²) < 4.78 is 0. The summed E-state index contributed by atoms with van der Waals surface area (Å²) in [5.41, 5.74) is 0. The molecule has 3 nitrogen and oxygen atoms in total. The molecule has 1 N–H and O–H groups in total. The second kappa shape index (κ2) is 5.38. The molecule has 3 unspecified atom stereocenters. The van der Waals surface area contributed by atoms with Gasteiger partial charge in [-0.25, -0.2) is 0 Å². The van der Waals surface area contributed by atoms with Crippen LogP contribution >= 0.6 is 0 Å². The van der Waals surface area contributed by atoms with Crippen molar-refractivity contribution in [2.45, 2.75) is 65.0 Å². The van der Waals surface area contributed by atoms with Crippen molar-refractivity contribution in [3.63, 3.8) is 0 Å². The zero-order chi connectivity index (χ0) is 12.4. The lowest BCUT2D eigenvalue weighted by molar-refractivity contribution is -0.133. The molecule has 1 saturated heterocycles. The monoisotopic (exact) mass is 238 g/mol. The van der Waals surface area contributed by atoms with Crippen molar-refractivity contribution >= 4 is 5.91 Å². The zero-order valence-electron chi connectivity index (χ0n) is 11.4. The van der Waals surface area contributed by atoms with Gasteiger partial charge in [0.2, 0.25) is 5.91 Å². The van der Waals surface area contributed by atoms with Crippen molar-refractivity contribution in [2.24, 2.45) is 11.8 Å². The van der Waals surface area contributed by atoms with Crippen LogP contribution in [0.5, 0.6) is 0 Å². The zero-order valence-corrected chi connectivity index (χ0v) is 11.4. The quantitative estimate of drug-likeness (QED) is 0.818. The van der Waals surface area contributed by atoms with Gasteiger partial charge in [-0.2, -0.15) is 0 Å². The molecule has 2 rings (SSSR count). The van der Waals surface area contributed by atoms with E-state index < -0.39 is 0 Å². The summed E-state index contributed by atoms with van der Waals surface area (Å²) in [6, 6.07) is 0.560. The lowest BCUT2D eigenvalue weighted by Gasteiger charge is -2.39. The molecule has 0 spiro atoms. The van der Waals surface area contributed by atoms with Crippen LogP contribution in [-0.4, -0.2) is 29.6 Å². The molecule has 3 heteroatoms. The topological polar surface area (TPSA) is 32.3 Å². The smallest absolute Gasteiger partial charge is 0.241 e. The summed E-state index contributed by atoms with van der Waals surface area (Å²) in [6.45, 7) is 7.45. The summed E-state index contributed by atoms with van der Waals surface area (Å²) in [5.74, 6) is 1.73. The molecule has 3 atom stereocenters. The van der Waals surface area contributed by atoms with E-state index in [2.05, 4.69) is 31.0 Å². The van der Waals surface area contributed by atoms with E-state index in [-0.39, 0.29) is 6.04 Å².